The van der Waals surface area contributed by atoms with Gasteiger partial charge in [0.2, 0.25) is 0 Å². The molecule has 1 saturated heterocycles. The number of likely N-dealkylation sites (tertiary alicyclic amines) is 1. The molecule has 1 atom stereocenters. The molecule has 98 valence electrons. The lowest BCUT2D eigenvalue weighted by Crippen LogP contribution is -2.47. The zero-order valence-electron chi connectivity index (χ0n) is 11.1. The Bertz CT molecular complexity index is 529. The molecule has 3 rings (SSSR count). The number of benzene rings is 2. The summed E-state index contributed by atoms with van der Waals surface area (Å²) in [6.45, 7) is 4.64. The van der Waals surface area contributed by atoms with Gasteiger partial charge >= 0.3 is 0 Å². The number of halogens is 1. The van der Waals surface area contributed by atoms with Crippen molar-refractivity contribution in [2.45, 2.75) is 13.0 Å². The van der Waals surface area contributed by atoms with Gasteiger partial charge in [0.25, 0.3) is 0 Å². The van der Waals surface area contributed by atoms with E-state index < -0.39 is 0 Å². The number of rotatable bonds is 3. The second-order valence-corrected chi connectivity index (χ2v) is 5.86. The summed E-state index contributed by atoms with van der Waals surface area (Å²) in [6, 6.07) is 19.3. The molecule has 1 aliphatic heterocycles. The molecule has 1 nitrogen and oxygen atoms in total. The molecular formula is C17H18ClN. The van der Waals surface area contributed by atoms with Crippen LogP contribution in [0.2, 0.25) is 5.02 Å². The average Bonchev–Trinajstić information content (AvgIpc) is 2.40. The molecule has 0 spiro atoms. The third-order valence-electron chi connectivity index (χ3n) is 3.76. The third kappa shape index (κ3) is 2.68. The lowest BCUT2D eigenvalue weighted by atomic mass is 9.91. The number of hydrogen-bond acceptors (Lipinski definition) is 1. The minimum Gasteiger partial charge on any atom is -0.292 e. The lowest BCUT2D eigenvalue weighted by Gasteiger charge is -2.43. The summed E-state index contributed by atoms with van der Waals surface area (Å²) in [7, 11) is 0. The summed E-state index contributed by atoms with van der Waals surface area (Å²) < 4.78 is 0. The van der Waals surface area contributed by atoms with E-state index in [9.17, 15) is 0 Å². The van der Waals surface area contributed by atoms with Crippen molar-refractivity contribution in [1.82, 2.24) is 4.90 Å². The number of nitrogens with zero attached hydrogens (tertiary/aromatic N) is 1. The summed E-state index contributed by atoms with van der Waals surface area (Å²) >= 11 is 6.00. The van der Waals surface area contributed by atoms with Crippen molar-refractivity contribution in [2.24, 2.45) is 5.92 Å². The molecule has 19 heavy (non-hydrogen) atoms. The Morgan fingerprint density at radius 1 is 0.947 bits per heavy atom. The quantitative estimate of drug-likeness (QED) is 0.801. The van der Waals surface area contributed by atoms with Crippen LogP contribution in [0.1, 0.15) is 24.1 Å². The molecule has 0 bridgehead atoms. The maximum absolute atomic E-state index is 6.00. The highest BCUT2D eigenvalue weighted by molar-refractivity contribution is 6.30. The second kappa shape index (κ2) is 5.36. The molecule has 1 aliphatic rings. The second-order valence-electron chi connectivity index (χ2n) is 5.42. The van der Waals surface area contributed by atoms with Crippen molar-refractivity contribution in [1.29, 1.82) is 0 Å². The highest BCUT2D eigenvalue weighted by atomic mass is 35.5. The Hall–Kier alpha value is -1.31. The summed E-state index contributed by atoms with van der Waals surface area (Å²) in [5, 5.41) is 0.799. The van der Waals surface area contributed by atoms with Crippen molar-refractivity contribution >= 4 is 11.6 Å². The van der Waals surface area contributed by atoms with E-state index in [1.807, 2.05) is 12.1 Å². The van der Waals surface area contributed by atoms with Crippen molar-refractivity contribution in [3.8, 4) is 0 Å². The van der Waals surface area contributed by atoms with Crippen molar-refractivity contribution < 1.29 is 0 Å². The van der Waals surface area contributed by atoms with E-state index in [4.69, 9.17) is 11.6 Å². The Morgan fingerprint density at radius 2 is 1.53 bits per heavy atom. The van der Waals surface area contributed by atoms with Gasteiger partial charge < -0.3 is 0 Å². The maximum Gasteiger partial charge on any atom is 0.0602 e. The van der Waals surface area contributed by atoms with Crippen LogP contribution in [0.25, 0.3) is 0 Å². The van der Waals surface area contributed by atoms with Crippen LogP contribution in [0.3, 0.4) is 0 Å². The lowest BCUT2D eigenvalue weighted by molar-refractivity contribution is 0.0796. The molecule has 1 unspecified atom stereocenters. The van der Waals surface area contributed by atoms with Crippen molar-refractivity contribution in [3.63, 3.8) is 0 Å². The molecule has 0 saturated carbocycles. The predicted molar refractivity (Wildman–Crippen MR) is 80.5 cm³/mol. The van der Waals surface area contributed by atoms with Crippen LogP contribution >= 0.6 is 11.6 Å². The first-order valence-corrected chi connectivity index (χ1v) is 7.16. The van der Waals surface area contributed by atoms with Gasteiger partial charge in [0, 0.05) is 18.1 Å². The molecule has 0 aromatic heterocycles. The smallest absolute Gasteiger partial charge is 0.0602 e. The fourth-order valence-electron chi connectivity index (χ4n) is 2.85. The SMILES string of the molecule is CC1CN(C(c2ccccc2)c2ccc(Cl)cc2)C1. The Balaban J connectivity index is 1.95. The van der Waals surface area contributed by atoms with Gasteiger partial charge in [-0.3, -0.25) is 4.90 Å². The summed E-state index contributed by atoms with van der Waals surface area (Å²) in [4.78, 5) is 2.53. The Morgan fingerprint density at radius 3 is 2.11 bits per heavy atom. The van der Waals surface area contributed by atoms with Crippen LogP contribution in [-0.4, -0.2) is 18.0 Å². The predicted octanol–water partition coefficient (Wildman–Crippen LogP) is 4.38. The molecule has 0 aliphatic carbocycles. The van der Waals surface area contributed by atoms with Gasteiger partial charge in [-0.2, -0.15) is 0 Å². The molecule has 0 amide bonds. The topological polar surface area (TPSA) is 3.24 Å². The standard InChI is InChI=1S/C17H18ClN/c1-13-11-19(12-13)17(14-5-3-2-4-6-14)15-7-9-16(18)10-8-15/h2-10,13,17H,11-12H2,1H3. The monoisotopic (exact) mass is 271 g/mol. The van der Waals surface area contributed by atoms with Crippen LogP contribution in [0.4, 0.5) is 0 Å². The van der Waals surface area contributed by atoms with E-state index in [0.29, 0.717) is 6.04 Å². The fourth-order valence-corrected chi connectivity index (χ4v) is 2.98. The fraction of sp³-hybridized carbons (Fsp3) is 0.294. The zero-order valence-corrected chi connectivity index (χ0v) is 11.8. The molecule has 2 aromatic rings. The van der Waals surface area contributed by atoms with Crippen LogP contribution in [0.5, 0.6) is 0 Å². The Labute approximate surface area is 119 Å². The van der Waals surface area contributed by atoms with Crippen molar-refractivity contribution in [2.75, 3.05) is 13.1 Å². The molecular weight excluding hydrogens is 254 g/mol. The molecule has 1 heterocycles. The molecule has 2 heteroatoms. The first-order chi connectivity index (χ1) is 9.24. The molecule has 0 N–H and O–H groups in total. The molecule has 0 radical (unpaired) electrons. The van der Waals surface area contributed by atoms with Crippen LogP contribution in [-0.2, 0) is 0 Å². The minimum atomic E-state index is 0.356. The van der Waals surface area contributed by atoms with Crippen LogP contribution in [0, 0.1) is 5.92 Å². The van der Waals surface area contributed by atoms with Gasteiger partial charge in [-0.25, -0.2) is 0 Å². The maximum atomic E-state index is 6.00. The van der Waals surface area contributed by atoms with Crippen molar-refractivity contribution in [3.05, 3.63) is 70.7 Å². The zero-order chi connectivity index (χ0) is 13.2. The summed E-state index contributed by atoms with van der Waals surface area (Å²) in [5.74, 6) is 0.804. The average molecular weight is 272 g/mol. The normalized spacial score (nSPS) is 18.0. The van der Waals surface area contributed by atoms with Gasteiger partial charge in [-0.05, 0) is 29.2 Å². The first-order valence-electron chi connectivity index (χ1n) is 6.78. The van der Waals surface area contributed by atoms with Crippen LogP contribution < -0.4 is 0 Å². The van der Waals surface area contributed by atoms with E-state index in [0.717, 1.165) is 10.9 Å². The Kier molecular flexibility index (Phi) is 3.58. The first kappa shape index (κ1) is 12.7. The van der Waals surface area contributed by atoms with E-state index in [-0.39, 0.29) is 0 Å². The van der Waals surface area contributed by atoms with Gasteiger partial charge in [0.15, 0.2) is 0 Å². The summed E-state index contributed by atoms with van der Waals surface area (Å²) in [5.41, 5.74) is 2.68. The highest BCUT2D eigenvalue weighted by Crippen LogP contribution is 2.34. The van der Waals surface area contributed by atoms with E-state index in [2.05, 4.69) is 54.3 Å². The van der Waals surface area contributed by atoms with E-state index >= 15 is 0 Å². The van der Waals surface area contributed by atoms with Gasteiger partial charge in [0.05, 0.1) is 6.04 Å². The highest BCUT2D eigenvalue weighted by Gasteiger charge is 2.31. The summed E-state index contributed by atoms with van der Waals surface area (Å²) in [6.07, 6.45) is 0. The third-order valence-corrected chi connectivity index (χ3v) is 4.01. The van der Waals surface area contributed by atoms with Crippen LogP contribution in [0.15, 0.2) is 54.6 Å². The van der Waals surface area contributed by atoms with Gasteiger partial charge in [-0.1, -0.05) is 61.0 Å². The largest absolute Gasteiger partial charge is 0.292 e. The minimum absolute atomic E-state index is 0.356. The van der Waals surface area contributed by atoms with E-state index in [1.165, 1.54) is 24.2 Å². The van der Waals surface area contributed by atoms with E-state index in [1.54, 1.807) is 0 Å². The molecule has 1 fully saturated rings. The van der Waals surface area contributed by atoms with Gasteiger partial charge in [-0.15, -0.1) is 0 Å². The van der Waals surface area contributed by atoms with Gasteiger partial charge in [0.1, 0.15) is 0 Å². The number of hydrogen-bond donors (Lipinski definition) is 0. The molecule has 2 aromatic carbocycles.